The zero-order valence-corrected chi connectivity index (χ0v) is 25.2. The van der Waals surface area contributed by atoms with Gasteiger partial charge in [0.2, 0.25) is 11.8 Å². The summed E-state index contributed by atoms with van der Waals surface area (Å²) in [6, 6.07) is 18.6. The highest BCUT2D eigenvalue weighted by atomic mass is 35.5. The summed E-state index contributed by atoms with van der Waals surface area (Å²) in [5, 5.41) is 3.20. The Bertz CT molecular complexity index is 1430. The molecule has 3 aromatic rings. The Morgan fingerprint density at radius 3 is 2.37 bits per heavy atom. The monoisotopic (exact) mass is 601 g/mol. The van der Waals surface area contributed by atoms with Crippen molar-refractivity contribution in [1.29, 1.82) is 0 Å². The van der Waals surface area contributed by atoms with Crippen LogP contribution in [-0.2, 0) is 26.2 Å². The second-order valence-electron chi connectivity index (χ2n) is 9.21. The second kappa shape index (κ2) is 14.7. The van der Waals surface area contributed by atoms with E-state index in [4.69, 9.17) is 21.1 Å². The van der Waals surface area contributed by atoms with E-state index in [1.54, 1.807) is 56.3 Å². The summed E-state index contributed by atoms with van der Waals surface area (Å²) >= 11 is 6.01. The Kier molecular flexibility index (Phi) is 11.4. The van der Waals surface area contributed by atoms with Crippen LogP contribution >= 0.6 is 11.6 Å². The van der Waals surface area contributed by atoms with Gasteiger partial charge in [0.15, 0.2) is 0 Å². The summed E-state index contributed by atoms with van der Waals surface area (Å²) in [6.45, 7) is 5.55. The van der Waals surface area contributed by atoms with E-state index in [1.165, 1.54) is 36.3 Å². The van der Waals surface area contributed by atoms with Gasteiger partial charge in [0.05, 0.1) is 24.3 Å². The van der Waals surface area contributed by atoms with E-state index in [2.05, 4.69) is 5.32 Å². The molecule has 9 nitrogen and oxygen atoms in total. The fraction of sp³-hybridized carbons (Fsp3) is 0.333. The van der Waals surface area contributed by atoms with Crippen LogP contribution in [0.5, 0.6) is 11.5 Å². The van der Waals surface area contributed by atoms with E-state index in [1.807, 2.05) is 13.0 Å². The first kappa shape index (κ1) is 31.8. The number of carbonyl (C=O) groups excluding carboxylic acids is 2. The van der Waals surface area contributed by atoms with Crippen molar-refractivity contribution < 1.29 is 27.5 Å². The Labute approximate surface area is 247 Å². The topological polar surface area (TPSA) is 105 Å². The maximum atomic E-state index is 14.1. The molecule has 0 unspecified atom stereocenters. The highest BCUT2D eigenvalue weighted by molar-refractivity contribution is 7.92. The molecule has 0 bridgehead atoms. The van der Waals surface area contributed by atoms with Crippen LogP contribution in [0.3, 0.4) is 0 Å². The van der Waals surface area contributed by atoms with Crippen molar-refractivity contribution in [3.63, 3.8) is 0 Å². The van der Waals surface area contributed by atoms with Gasteiger partial charge in [0.25, 0.3) is 10.0 Å². The minimum absolute atomic E-state index is 0.0471. The lowest BCUT2D eigenvalue weighted by molar-refractivity contribution is -0.139. The number of anilines is 1. The number of carbonyl (C=O) groups is 2. The second-order valence-corrected chi connectivity index (χ2v) is 11.5. The number of benzene rings is 3. The molecule has 0 radical (unpaired) electrons. The first-order valence-electron chi connectivity index (χ1n) is 13.3. The molecule has 0 saturated heterocycles. The van der Waals surface area contributed by atoms with Crippen LogP contribution in [0.1, 0.15) is 32.8 Å². The number of hydrogen-bond acceptors (Lipinski definition) is 6. The van der Waals surface area contributed by atoms with Gasteiger partial charge in [-0.3, -0.25) is 13.9 Å². The smallest absolute Gasteiger partial charge is 0.264 e. The van der Waals surface area contributed by atoms with E-state index < -0.39 is 28.5 Å². The number of halogens is 1. The van der Waals surface area contributed by atoms with Crippen LogP contribution in [0.15, 0.2) is 77.7 Å². The summed E-state index contributed by atoms with van der Waals surface area (Å²) in [4.78, 5) is 28.4. The summed E-state index contributed by atoms with van der Waals surface area (Å²) in [6.07, 6.45) is 0.726. The quantitative estimate of drug-likeness (QED) is 0.282. The standard InChI is InChI=1S/C30H36ClN3O6S/c1-5-18-32-30(36)22(3)33(20-23-10-9-11-25(19-23)39-4)29(35)21-34(27-12-7-8-13-28(27)40-6-2)41(37,38)26-16-14-24(31)15-17-26/h7-17,19,22H,5-6,18,20-21H2,1-4H3,(H,32,36)/t22-/m1/s1. The number of hydrogen-bond donors (Lipinski definition) is 1. The SMILES string of the molecule is CCCNC(=O)[C@@H](C)N(Cc1cccc(OC)c1)C(=O)CN(c1ccccc1OCC)S(=O)(=O)c1ccc(Cl)cc1. The van der Waals surface area contributed by atoms with Gasteiger partial charge in [-0.25, -0.2) is 8.42 Å². The fourth-order valence-electron chi connectivity index (χ4n) is 4.13. The van der Waals surface area contributed by atoms with Gasteiger partial charge >= 0.3 is 0 Å². The number of amides is 2. The number of rotatable bonds is 14. The summed E-state index contributed by atoms with van der Waals surface area (Å²) in [5.41, 5.74) is 0.914. The molecule has 3 rings (SSSR count). The number of ether oxygens (including phenoxy) is 2. The highest BCUT2D eigenvalue weighted by Crippen LogP contribution is 2.33. The molecule has 11 heteroatoms. The van der Waals surface area contributed by atoms with E-state index in [9.17, 15) is 18.0 Å². The Morgan fingerprint density at radius 1 is 1.00 bits per heavy atom. The van der Waals surface area contributed by atoms with Crippen molar-refractivity contribution in [2.45, 2.75) is 44.7 Å². The molecule has 0 fully saturated rings. The third-order valence-electron chi connectivity index (χ3n) is 6.32. The summed E-state index contributed by atoms with van der Waals surface area (Å²) < 4.78 is 40.1. The zero-order chi connectivity index (χ0) is 30.0. The highest BCUT2D eigenvalue weighted by Gasteiger charge is 2.33. The number of para-hydroxylation sites is 2. The molecule has 0 aliphatic rings. The Balaban J connectivity index is 2.08. The molecule has 41 heavy (non-hydrogen) atoms. The molecule has 0 aliphatic heterocycles. The van der Waals surface area contributed by atoms with Crippen molar-refractivity contribution in [3.05, 3.63) is 83.4 Å². The summed E-state index contributed by atoms with van der Waals surface area (Å²) in [7, 11) is -2.72. The molecule has 0 saturated carbocycles. The van der Waals surface area contributed by atoms with Gasteiger partial charge < -0.3 is 19.7 Å². The van der Waals surface area contributed by atoms with E-state index >= 15 is 0 Å². The average Bonchev–Trinajstić information content (AvgIpc) is 2.97. The van der Waals surface area contributed by atoms with Gasteiger partial charge in [-0.15, -0.1) is 0 Å². The van der Waals surface area contributed by atoms with Gasteiger partial charge in [-0.1, -0.05) is 42.8 Å². The molecule has 1 atom stereocenters. The molecule has 220 valence electrons. The average molecular weight is 602 g/mol. The Morgan fingerprint density at radius 2 is 1.71 bits per heavy atom. The van der Waals surface area contributed by atoms with Gasteiger partial charge in [-0.05, 0) is 74.4 Å². The minimum atomic E-state index is -4.26. The normalized spacial score (nSPS) is 11.8. The molecule has 2 amide bonds. The molecule has 0 spiro atoms. The lowest BCUT2D eigenvalue weighted by Crippen LogP contribution is -2.51. The third-order valence-corrected chi connectivity index (χ3v) is 8.34. The van der Waals surface area contributed by atoms with Crippen LogP contribution < -0.4 is 19.1 Å². The molecular formula is C30H36ClN3O6S. The van der Waals surface area contributed by atoms with Crippen molar-refractivity contribution in [2.75, 3.05) is 31.1 Å². The van der Waals surface area contributed by atoms with E-state index in [0.29, 0.717) is 23.1 Å². The van der Waals surface area contributed by atoms with Gasteiger partial charge in [-0.2, -0.15) is 0 Å². The van der Waals surface area contributed by atoms with Crippen molar-refractivity contribution in [1.82, 2.24) is 10.2 Å². The fourth-order valence-corrected chi connectivity index (χ4v) is 5.68. The maximum absolute atomic E-state index is 14.1. The lowest BCUT2D eigenvalue weighted by Gasteiger charge is -2.32. The van der Waals surface area contributed by atoms with Gasteiger partial charge in [0.1, 0.15) is 24.1 Å². The minimum Gasteiger partial charge on any atom is -0.497 e. The predicted octanol–water partition coefficient (Wildman–Crippen LogP) is 4.89. The van der Waals surface area contributed by atoms with E-state index in [-0.39, 0.29) is 29.6 Å². The molecule has 1 N–H and O–H groups in total. The first-order valence-corrected chi connectivity index (χ1v) is 15.1. The molecular weight excluding hydrogens is 566 g/mol. The Hall–Kier alpha value is -3.76. The van der Waals surface area contributed by atoms with Crippen molar-refractivity contribution >= 4 is 39.1 Å². The molecule has 3 aromatic carbocycles. The van der Waals surface area contributed by atoms with Crippen molar-refractivity contribution in [3.8, 4) is 11.5 Å². The van der Waals surface area contributed by atoms with Crippen LogP contribution in [0, 0.1) is 0 Å². The number of nitrogens with zero attached hydrogens (tertiary/aromatic N) is 2. The molecule has 0 heterocycles. The first-order chi connectivity index (χ1) is 19.6. The largest absolute Gasteiger partial charge is 0.497 e. The van der Waals surface area contributed by atoms with Gasteiger partial charge in [0, 0.05) is 18.1 Å². The van der Waals surface area contributed by atoms with Crippen LogP contribution in [0.25, 0.3) is 0 Å². The maximum Gasteiger partial charge on any atom is 0.264 e. The summed E-state index contributed by atoms with van der Waals surface area (Å²) in [5.74, 6) is -0.0234. The molecule has 0 aliphatic carbocycles. The van der Waals surface area contributed by atoms with Crippen LogP contribution in [0.2, 0.25) is 5.02 Å². The molecule has 0 aromatic heterocycles. The predicted molar refractivity (Wildman–Crippen MR) is 160 cm³/mol. The lowest BCUT2D eigenvalue weighted by atomic mass is 10.1. The third kappa shape index (κ3) is 8.14. The number of nitrogens with one attached hydrogen (secondary N) is 1. The number of sulfonamides is 1. The van der Waals surface area contributed by atoms with Crippen molar-refractivity contribution in [2.24, 2.45) is 0 Å². The van der Waals surface area contributed by atoms with E-state index in [0.717, 1.165) is 16.3 Å². The van der Waals surface area contributed by atoms with Crippen LogP contribution in [0.4, 0.5) is 5.69 Å². The zero-order valence-electron chi connectivity index (χ0n) is 23.7. The van der Waals surface area contributed by atoms with Crippen LogP contribution in [-0.4, -0.2) is 58.0 Å². The number of methoxy groups -OCH3 is 1.